The summed E-state index contributed by atoms with van der Waals surface area (Å²) in [5.74, 6) is -0.871. The molecule has 0 saturated carbocycles. The van der Waals surface area contributed by atoms with Crippen LogP contribution in [0.5, 0.6) is 5.75 Å². The molecule has 1 aromatic carbocycles. The molecule has 1 saturated heterocycles. The lowest BCUT2D eigenvalue weighted by molar-refractivity contribution is -0.131. The molecule has 27 heavy (non-hydrogen) atoms. The number of halogens is 1. The normalized spacial score (nSPS) is 16.4. The van der Waals surface area contributed by atoms with Crippen molar-refractivity contribution in [3.8, 4) is 5.75 Å². The Labute approximate surface area is 166 Å². The minimum Gasteiger partial charge on any atom is -0.495 e. The molecule has 0 bridgehead atoms. The van der Waals surface area contributed by atoms with Gasteiger partial charge in [-0.15, -0.1) is 12.4 Å². The Hall–Kier alpha value is -1.61. The molecule has 1 aliphatic heterocycles. The molecule has 1 fully saturated rings. The van der Waals surface area contributed by atoms with Crippen molar-refractivity contribution in [3.05, 3.63) is 29.8 Å². The highest BCUT2D eigenvalue weighted by Crippen LogP contribution is 2.26. The number of nitrogens with one attached hydrogen (secondary N) is 1. The Kier molecular flexibility index (Phi) is 8.74. The molecule has 0 radical (unpaired) electrons. The van der Waals surface area contributed by atoms with Crippen LogP contribution >= 0.6 is 12.4 Å². The first-order chi connectivity index (χ1) is 12.2. The number of rotatable bonds is 7. The number of hydrogen-bond acceptors (Lipinski definition) is 5. The SMILES string of the molecule is COc1ccc(C=CC(=O)O)cc1S(=O)(=O)NC1CCN(C(C)C)CC1.Cl. The number of aliphatic carboxylic acids is 1. The van der Waals surface area contributed by atoms with Crippen molar-refractivity contribution in [3.63, 3.8) is 0 Å². The lowest BCUT2D eigenvalue weighted by atomic mass is 10.1. The molecule has 152 valence electrons. The van der Waals surface area contributed by atoms with E-state index < -0.39 is 16.0 Å². The number of methoxy groups -OCH3 is 1. The van der Waals surface area contributed by atoms with E-state index >= 15 is 0 Å². The van der Waals surface area contributed by atoms with Crippen LogP contribution in [0.1, 0.15) is 32.3 Å². The standard InChI is InChI=1S/C18H26N2O5S.ClH/c1-13(2)20-10-8-15(9-11-20)19-26(23,24)17-12-14(5-7-18(21)22)4-6-16(17)25-3;/h4-7,12-13,15,19H,8-11H2,1-3H3,(H,21,22);1H. The summed E-state index contributed by atoms with van der Waals surface area (Å²) in [6.45, 7) is 5.96. The average Bonchev–Trinajstić information content (AvgIpc) is 2.59. The lowest BCUT2D eigenvalue weighted by Gasteiger charge is -2.34. The highest BCUT2D eigenvalue weighted by molar-refractivity contribution is 7.89. The molecule has 0 amide bonds. The monoisotopic (exact) mass is 418 g/mol. The van der Waals surface area contributed by atoms with Gasteiger partial charge in [0.25, 0.3) is 0 Å². The van der Waals surface area contributed by atoms with E-state index in [2.05, 4.69) is 23.5 Å². The molecule has 0 atom stereocenters. The van der Waals surface area contributed by atoms with E-state index in [0.29, 0.717) is 11.6 Å². The van der Waals surface area contributed by atoms with E-state index in [1.165, 1.54) is 25.3 Å². The summed E-state index contributed by atoms with van der Waals surface area (Å²) in [5.41, 5.74) is 0.475. The molecule has 9 heteroatoms. The number of piperidine rings is 1. The smallest absolute Gasteiger partial charge is 0.328 e. The molecule has 7 nitrogen and oxygen atoms in total. The van der Waals surface area contributed by atoms with Crippen LogP contribution in [0.4, 0.5) is 0 Å². The van der Waals surface area contributed by atoms with Gasteiger partial charge in [-0.1, -0.05) is 6.07 Å². The maximum absolute atomic E-state index is 12.8. The molecule has 1 aliphatic rings. The van der Waals surface area contributed by atoms with Crippen molar-refractivity contribution < 1.29 is 23.1 Å². The van der Waals surface area contributed by atoms with Crippen LogP contribution in [0.25, 0.3) is 6.08 Å². The van der Waals surface area contributed by atoms with Gasteiger partial charge in [0.05, 0.1) is 7.11 Å². The number of hydrogen-bond donors (Lipinski definition) is 2. The van der Waals surface area contributed by atoms with Gasteiger partial charge in [-0.05, 0) is 63.6 Å². The van der Waals surface area contributed by atoms with Crippen LogP contribution in [0, 0.1) is 0 Å². The van der Waals surface area contributed by atoms with Crippen molar-refractivity contribution in [2.75, 3.05) is 20.2 Å². The third-order valence-corrected chi connectivity index (χ3v) is 6.02. The molecule has 0 spiro atoms. The van der Waals surface area contributed by atoms with Crippen molar-refractivity contribution in [1.29, 1.82) is 0 Å². The second-order valence-corrected chi connectivity index (χ2v) is 8.29. The Balaban J connectivity index is 0.00000364. The molecule has 0 aliphatic carbocycles. The minimum absolute atomic E-state index is 0. The van der Waals surface area contributed by atoms with Gasteiger partial charge in [-0.3, -0.25) is 0 Å². The van der Waals surface area contributed by atoms with Gasteiger partial charge in [0.15, 0.2) is 0 Å². The van der Waals surface area contributed by atoms with Crippen molar-refractivity contribution in [1.82, 2.24) is 9.62 Å². The van der Waals surface area contributed by atoms with Crippen molar-refractivity contribution in [2.24, 2.45) is 0 Å². The van der Waals surface area contributed by atoms with Crippen LogP contribution in [0.2, 0.25) is 0 Å². The first-order valence-electron chi connectivity index (χ1n) is 8.58. The quantitative estimate of drug-likeness (QED) is 0.660. The van der Waals surface area contributed by atoms with E-state index in [1.54, 1.807) is 6.07 Å². The fourth-order valence-electron chi connectivity index (χ4n) is 2.99. The topological polar surface area (TPSA) is 95.9 Å². The zero-order valence-electron chi connectivity index (χ0n) is 15.7. The molecule has 2 N–H and O–H groups in total. The molecule has 1 heterocycles. The summed E-state index contributed by atoms with van der Waals surface area (Å²) < 4.78 is 33.6. The van der Waals surface area contributed by atoms with Gasteiger partial charge in [0, 0.05) is 18.2 Å². The van der Waals surface area contributed by atoms with Gasteiger partial charge in [0.1, 0.15) is 10.6 Å². The van der Waals surface area contributed by atoms with Crippen molar-refractivity contribution in [2.45, 2.75) is 43.7 Å². The number of likely N-dealkylation sites (tertiary alicyclic amines) is 1. The Morgan fingerprint density at radius 3 is 2.48 bits per heavy atom. The fraction of sp³-hybridized carbons (Fsp3) is 0.500. The minimum atomic E-state index is -3.78. The number of carbonyl (C=O) groups is 1. The maximum atomic E-state index is 12.8. The molecular weight excluding hydrogens is 392 g/mol. The van der Waals surface area contributed by atoms with E-state index in [-0.39, 0.29) is 29.1 Å². The largest absolute Gasteiger partial charge is 0.495 e. The number of nitrogens with zero attached hydrogens (tertiary/aromatic N) is 1. The summed E-state index contributed by atoms with van der Waals surface area (Å²) >= 11 is 0. The Morgan fingerprint density at radius 1 is 1.33 bits per heavy atom. The maximum Gasteiger partial charge on any atom is 0.328 e. The van der Waals surface area contributed by atoms with Crippen LogP contribution in [-0.4, -0.2) is 56.7 Å². The molecule has 0 unspecified atom stereocenters. The van der Waals surface area contributed by atoms with Gasteiger partial charge < -0.3 is 14.7 Å². The highest BCUT2D eigenvalue weighted by Gasteiger charge is 2.27. The summed E-state index contributed by atoms with van der Waals surface area (Å²) in [6.07, 6.45) is 3.81. The van der Waals surface area contributed by atoms with Gasteiger partial charge in [-0.2, -0.15) is 0 Å². The van der Waals surface area contributed by atoms with E-state index in [9.17, 15) is 13.2 Å². The van der Waals surface area contributed by atoms with E-state index in [4.69, 9.17) is 9.84 Å². The average molecular weight is 419 g/mol. The van der Waals surface area contributed by atoms with Crippen LogP contribution in [0.3, 0.4) is 0 Å². The molecule has 2 rings (SSSR count). The fourth-order valence-corrected chi connectivity index (χ4v) is 4.50. The third kappa shape index (κ3) is 6.49. The number of carboxylic acids is 1. The summed E-state index contributed by atoms with van der Waals surface area (Å²) in [6, 6.07) is 4.88. The van der Waals surface area contributed by atoms with Crippen LogP contribution < -0.4 is 9.46 Å². The summed E-state index contributed by atoms with van der Waals surface area (Å²) in [7, 11) is -2.37. The second-order valence-electron chi connectivity index (χ2n) is 6.61. The summed E-state index contributed by atoms with van der Waals surface area (Å²) in [5, 5.41) is 8.74. The van der Waals surface area contributed by atoms with Crippen LogP contribution in [0.15, 0.2) is 29.2 Å². The Bertz CT molecular complexity index is 772. The third-order valence-electron chi connectivity index (χ3n) is 4.48. The van der Waals surface area contributed by atoms with Gasteiger partial charge in [-0.25, -0.2) is 17.9 Å². The zero-order valence-corrected chi connectivity index (χ0v) is 17.3. The Morgan fingerprint density at radius 2 is 1.96 bits per heavy atom. The molecule has 1 aromatic rings. The van der Waals surface area contributed by atoms with Crippen molar-refractivity contribution >= 4 is 34.5 Å². The first-order valence-corrected chi connectivity index (χ1v) is 10.1. The van der Waals surface area contributed by atoms with Gasteiger partial charge >= 0.3 is 5.97 Å². The number of benzene rings is 1. The number of sulfonamides is 1. The predicted molar refractivity (Wildman–Crippen MR) is 107 cm³/mol. The summed E-state index contributed by atoms with van der Waals surface area (Å²) in [4.78, 5) is 13.0. The second kappa shape index (κ2) is 10.1. The highest BCUT2D eigenvalue weighted by atomic mass is 35.5. The number of carboxylic acid groups (broad SMARTS) is 1. The number of ether oxygens (including phenoxy) is 1. The zero-order chi connectivity index (χ0) is 19.3. The first kappa shape index (κ1) is 23.4. The van der Waals surface area contributed by atoms with E-state index in [1.807, 2.05) is 0 Å². The lowest BCUT2D eigenvalue weighted by Crippen LogP contribution is -2.46. The molecular formula is C18H27ClN2O5S. The van der Waals surface area contributed by atoms with E-state index in [0.717, 1.165) is 32.0 Å². The predicted octanol–water partition coefficient (Wildman–Crippen LogP) is 2.37. The molecule has 0 aromatic heterocycles. The van der Waals surface area contributed by atoms with Crippen LogP contribution in [-0.2, 0) is 14.8 Å². The van der Waals surface area contributed by atoms with Gasteiger partial charge in [0.2, 0.25) is 10.0 Å².